The van der Waals surface area contributed by atoms with Crippen LogP contribution in [0.25, 0.3) is 0 Å². The van der Waals surface area contributed by atoms with Crippen LogP contribution in [0, 0.1) is 0 Å². The van der Waals surface area contributed by atoms with Crippen LogP contribution >= 0.6 is 0 Å². The monoisotopic (exact) mass is 303 g/mol. The van der Waals surface area contributed by atoms with Gasteiger partial charge in [-0.2, -0.15) is 0 Å². The summed E-state index contributed by atoms with van der Waals surface area (Å²) in [5, 5.41) is 14.6. The van der Waals surface area contributed by atoms with E-state index in [4.69, 9.17) is 16.6 Å². The summed E-state index contributed by atoms with van der Waals surface area (Å²) < 4.78 is 0. The highest BCUT2D eigenvalue weighted by Crippen LogP contribution is 1.86. The predicted octanol–water partition coefficient (Wildman–Crippen LogP) is -4.38. The molecule has 8 N–H and O–H groups in total. The van der Waals surface area contributed by atoms with Crippen LogP contribution in [0.4, 0.5) is 0 Å². The second kappa shape index (κ2) is 9.25. The number of carboxylic acids is 1. The molecular formula is C10H17N5O6. The molecule has 0 saturated carbocycles. The van der Waals surface area contributed by atoms with Gasteiger partial charge in [0.25, 0.3) is 0 Å². The van der Waals surface area contributed by atoms with Gasteiger partial charge in [0.05, 0.1) is 25.6 Å². The fraction of sp³-hybridized carbons (Fsp3) is 0.500. The van der Waals surface area contributed by atoms with Crippen molar-refractivity contribution in [3.8, 4) is 0 Å². The molecule has 0 rings (SSSR count). The van der Waals surface area contributed by atoms with Crippen molar-refractivity contribution in [3.63, 3.8) is 0 Å². The minimum absolute atomic E-state index is 0.356. The highest BCUT2D eigenvalue weighted by Gasteiger charge is 2.16. The largest absolute Gasteiger partial charge is 0.480 e. The van der Waals surface area contributed by atoms with Crippen LogP contribution in [-0.2, 0) is 24.0 Å². The minimum Gasteiger partial charge on any atom is -0.480 e. The predicted molar refractivity (Wildman–Crippen MR) is 68.5 cm³/mol. The molecule has 0 aromatic carbocycles. The van der Waals surface area contributed by atoms with Crippen LogP contribution in [0.1, 0.15) is 6.42 Å². The molecule has 1 atom stereocenters. The molecule has 0 bridgehead atoms. The second-order valence-electron chi connectivity index (χ2n) is 3.94. The topological polar surface area (TPSA) is 194 Å². The third kappa shape index (κ3) is 9.84. The molecule has 21 heavy (non-hydrogen) atoms. The van der Waals surface area contributed by atoms with Crippen LogP contribution in [-0.4, -0.2) is 60.4 Å². The molecule has 0 spiro atoms. The van der Waals surface area contributed by atoms with Gasteiger partial charge in [-0.25, -0.2) is 0 Å². The first-order chi connectivity index (χ1) is 9.72. The van der Waals surface area contributed by atoms with Gasteiger partial charge in [-0.1, -0.05) is 0 Å². The number of hydrogen-bond donors (Lipinski definition) is 6. The van der Waals surface area contributed by atoms with Crippen molar-refractivity contribution >= 4 is 29.6 Å². The number of primary amides is 1. The normalized spacial score (nSPS) is 11.1. The third-order valence-electron chi connectivity index (χ3n) is 2.06. The van der Waals surface area contributed by atoms with Crippen molar-refractivity contribution in [1.29, 1.82) is 0 Å². The van der Waals surface area contributed by atoms with Gasteiger partial charge in [-0.05, 0) is 0 Å². The smallest absolute Gasteiger partial charge is 0.322 e. The molecule has 0 aliphatic heterocycles. The SMILES string of the molecule is NC(=O)CC(N)C(=O)NCC(=O)NCC(=O)NCC(=O)O. The number of carboxylic acid groups (broad SMARTS) is 1. The van der Waals surface area contributed by atoms with Crippen LogP contribution in [0.3, 0.4) is 0 Å². The van der Waals surface area contributed by atoms with Gasteiger partial charge >= 0.3 is 5.97 Å². The lowest BCUT2D eigenvalue weighted by molar-refractivity contribution is -0.137. The number of aliphatic carboxylic acids is 1. The van der Waals surface area contributed by atoms with Crippen molar-refractivity contribution < 1.29 is 29.1 Å². The number of nitrogens with one attached hydrogen (secondary N) is 3. The first-order valence-corrected chi connectivity index (χ1v) is 5.79. The summed E-state index contributed by atoms with van der Waals surface area (Å²) in [5.74, 6) is -4.08. The molecule has 0 heterocycles. The molecule has 118 valence electrons. The average molecular weight is 303 g/mol. The molecule has 1 unspecified atom stereocenters. The van der Waals surface area contributed by atoms with Crippen molar-refractivity contribution in [1.82, 2.24) is 16.0 Å². The first-order valence-electron chi connectivity index (χ1n) is 5.79. The van der Waals surface area contributed by atoms with E-state index in [-0.39, 0.29) is 6.42 Å². The van der Waals surface area contributed by atoms with E-state index in [0.717, 1.165) is 0 Å². The van der Waals surface area contributed by atoms with E-state index in [1.807, 2.05) is 5.32 Å². The standard InChI is InChI=1S/C10H17N5O6/c11-5(1-6(12)16)10(21)15-3-8(18)13-2-7(17)14-4-9(19)20/h5H,1-4,11H2,(H2,12,16)(H,13,18)(H,14,17)(H,15,21)(H,19,20). The summed E-state index contributed by atoms with van der Waals surface area (Å²) in [6.45, 7) is -1.44. The number of rotatable bonds is 9. The number of carbonyl (C=O) groups is 5. The summed E-state index contributed by atoms with van der Waals surface area (Å²) >= 11 is 0. The third-order valence-corrected chi connectivity index (χ3v) is 2.06. The fourth-order valence-electron chi connectivity index (χ4n) is 1.09. The lowest BCUT2D eigenvalue weighted by Crippen LogP contribution is -2.47. The Labute approximate surface area is 119 Å². The second-order valence-corrected chi connectivity index (χ2v) is 3.94. The van der Waals surface area contributed by atoms with Gasteiger partial charge in [0, 0.05) is 0 Å². The highest BCUT2D eigenvalue weighted by molar-refractivity contribution is 5.91. The Morgan fingerprint density at radius 3 is 1.86 bits per heavy atom. The Kier molecular flexibility index (Phi) is 8.07. The molecule has 11 nitrogen and oxygen atoms in total. The van der Waals surface area contributed by atoms with E-state index in [1.165, 1.54) is 0 Å². The maximum Gasteiger partial charge on any atom is 0.322 e. The van der Waals surface area contributed by atoms with Crippen molar-refractivity contribution in [2.45, 2.75) is 12.5 Å². The van der Waals surface area contributed by atoms with Gasteiger partial charge in [0.1, 0.15) is 6.54 Å². The molecule has 4 amide bonds. The summed E-state index contributed by atoms with van der Waals surface area (Å²) in [5.41, 5.74) is 10.2. The van der Waals surface area contributed by atoms with Crippen LogP contribution in [0.5, 0.6) is 0 Å². The zero-order chi connectivity index (χ0) is 16.4. The lowest BCUT2D eigenvalue weighted by atomic mass is 10.2. The number of amides is 4. The molecule has 0 aromatic rings. The van der Waals surface area contributed by atoms with Crippen LogP contribution in [0.2, 0.25) is 0 Å². The maximum absolute atomic E-state index is 11.3. The van der Waals surface area contributed by atoms with E-state index in [0.29, 0.717) is 0 Å². The van der Waals surface area contributed by atoms with E-state index < -0.39 is 55.3 Å². The van der Waals surface area contributed by atoms with Gasteiger partial charge in [-0.3, -0.25) is 24.0 Å². The number of hydrogen-bond acceptors (Lipinski definition) is 6. The lowest BCUT2D eigenvalue weighted by Gasteiger charge is -2.10. The van der Waals surface area contributed by atoms with Gasteiger partial charge in [-0.15, -0.1) is 0 Å². The summed E-state index contributed by atoms with van der Waals surface area (Å²) in [6.07, 6.45) is -0.356. The quantitative estimate of drug-likeness (QED) is 0.247. The van der Waals surface area contributed by atoms with Crippen molar-refractivity contribution in [2.75, 3.05) is 19.6 Å². The highest BCUT2D eigenvalue weighted by atomic mass is 16.4. The molecule has 0 radical (unpaired) electrons. The molecule has 0 fully saturated rings. The zero-order valence-electron chi connectivity index (χ0n) is 11.0. The first kappa shape index (κ1) is 18.3. The van der Waals surface area contributed by atoms with E-state index >= 15 is 0 Å². The van der Waals surface area contributed by atoms with E-state index in [2.05, 4.69) is 10.6 Å². The Morgan fingerprint density at radius 2 is 1.38 bits per heavy atom. The molecule has 0 aliphatic carbocycles. The van der Waals surface area contributed by atoms with Crippen molar-refractivity contribution in [3.05, 3.63) is 0 Å². The Balaban J connectivity index is 3.89. The van der Waals surface area contributed by atoms with Crippen LogP contribution < -0.4 is 27.4 Å². The Morgan fingerprint density at radius 1 is 0.905 bits per heavy atom. The molecule has 0 aromatic heterocycles. The van der Waals surface area contributed by atoms with E-state index in [9.17, 15) is 24.0 Å². The summed E-state index contributed by atoms with van der Waals surface area (Å²) in [4.78, 5) is 54.4. The van der Waals surface area contributed by atoms with Gasteiger partial charge in [0.2, 0.25) is 23.6 Å². The molecular weight excluding hydrogens is 286 g/mol. The number of carbonyl (C=O) groups excluding carboxylic acids is 4. The van der Waals surface area contributed by atoms with Crippen LogP contribution in [0.15, 0.2) is 0 Å². The van der Waals surface area contributed by atoms with Gasteiger partial charge < -0.3 is 32.5 Å². The maximum atomic E-state index is 11.3. The summed E-state index contributed by atoms with van der Waals surface area (Å²) in [6, 6.07) is -1.16. The summed E-state index contributed by atoms with van der Waals surface area (Å²) in [7, 11) is 0. The average Bonchev–Trinajstić information content (AvgIpc) is 2.39. The fourth-order valence-corrected chi connectivity index (χ4v) is 1.09. The number of nitrogens with two attached hydrogens (primary N) is 2. The van der Waals surface area contributed by atoms with Crippen molar-refractivity contribution in [2.24, 2.45) is 11.5 Å². The minimum atomic E-state index is -1.22. The zero-order valence-corrected chi connectivity index (χ0v) is 11.0. The Bertz CT molecular complexity index is 438. The van der Waals surface area contributed by atoms with E-state index in [1.54, 1.807) is 0 Å². The van der Waals surface area contributed by atoms with Gasteiger partial charge in [0.15, 0.2) is 0 Å². The molecule has 0 aliphatic rings. The Hall–Kier alpha value is -2.69. The molecule has 11 heteroatoms. The molecule has 0 saturated heterocycles.